The molecule has 0 aliphatic rings. The maximum Gasteiger partial charge on any atom is 0.134 e. The molecule has 0 radical (unpaired) electrons. The molecule has 3 aromatic carbocycles. The Morgan fingerprint density at radius 3 is 2.08 bits per heavy atom. The van der Waals surface area contributed by atoms with E-state index in [0.29, 0.717) is 28.2 Å². The number of anilines is 1. The van der Waals surface area contributed by atoms with Crippen LogP contribution in [0.25, 0.3) is 0 Å². The first-order valence-electron chi connectivity index (χ1n) is 7.85. The summed E-state index contributed by atoms with van der Waals surface area (Å²) in [6, 6.07) is 19.0. The predicted octanol–water partition coefficient (Wildman–Crippen LogP) is 7.60. The predicted molar refractivity (Wildman–Crippen MR) is 114 cm³/mol. The summed E-state index contributed by atoms with van der Waals surface area (Å²) in [4.78, 5) is 0. The van der Waals surface area contributed by atoms with Gasteiger partial charge in [0.1, 0.15) is 12.4 Å². The summed E-state index contributed by atoms with van der Waals surface area (Å²) in [5.41, 5.74) is 3.04. The van der Waals surface area contributed by atoms with Crippen LogP contribution >= 0.6 is 50.7 Å². The number of ether oxygens (including phenoxy) is 1. The average molecular weight is 472 g/mol. The van der Waals surface area contributed by atoms with Crippen LogP contribution in [0.2, 0.25) is 15.1 Å². The number of benzene rings is 3. The van der Waals surface area contributed by atoms with E-state index >= 15 is 0 Å². The summed E-state index contributed by atoms with van der Waals surface area (Å²) in [5, 5.41) is 5.23. The highest BCUT2D eigenvalue weighted by atomic mass is 79.9. The molecule has 0 aliphatic carbocycles. The topological polar surface area (TPSA) is 21.3 Å². The quantitative estimate of drug-likeness (QED) is 0.400. The molecule has 0 saturated carbocycles. The van der Waals surface area contributed by atoms with Crippen LogP contribution < -0.4 is 10.1 Å². The van der Waals surface area contributed by atoms with Gasteiger partial charge in [0.25, 0.3) is 0 Å². The van der Waals surface area contributed by atoms with Gasteiger partial charge < -0.3 is 10.1 Å². The van der Waals surface area contributed by atoms with Gasteiger partial charge in [-0.2, -0.15) is 0 Å². The summed E-state index contributed by atoms with van der Waals surface area (Å²) in [6.07, 6.45) is 0. The van der Waals surface area contributed by atoms with Crippen molar-refractivity contribution in [3.8, 4) is 5.75 Å². The van der Waals surface area contributed by atoms with Gasteiger partial charge in [0.15, 0.2) is 0 Å². The lowest BCUT2D eigenvalue weighted by Gasteiger charge is -2.11. The van der Waals surface area contributed by atoms with Gasteiger partial charge >= 0.3 is 0 Å². The molecule has 0 bridgehead atoms. The molecule has 0 fully saturated rings. The lowest BCUT2D eigenvalue weighted by Crippen LogP contribution is -2.00. The highest BCUT2D eigenvalue weighted by Crippen LogP contribution is 2.28. The van der Waals surface area contributed by atoms with Crippen molar-refractivity contribution in [2.45, 2.75) is 13.2 Å². The average Bonchev–Trinajstić information content (AvgIpc) is 2.60. The highest BCUT2D eigenvalue weighted by molar-refractivity contribution is 9.10. The van der Waals surface area contributed by atoms with E-state index in [1.54, 1.807) is 6.07 Å². The van der Waals surface area contributed by atoms with Crippen LogP contribution in [0.3, 0.4) is 0 Å². The van der Waals surface area contributed by atoms with Crippen molar-refractivity contribution in [3.05, 3.63) is 91.3 Å². The zero-order valence-corrected chi connectivity index (χ0v) is 17.5. The smallest absolute Gasteiger partial charge is 0.134 e. The van der Waals surface area contributed by atoms with E-state index < -0.39 is 0 Å². The van der Waals surface area contributed by atoms with Crippen molar-refractivity contribution in [1.82, 2.24) is 0 Å². The van der Waals surface area contributed by atoms with Crippen LogP contribution in [0.15, 0.2) is 65.1 Å². The largest absolute Gasteiger partial charge is 0.488 e. The zero-order valence-electron chi connectivity index (χ0n) is 13.6. The van der Waals surface area contributed by atoms with Crippen molar-refractivity contribution in [2.24, 2.45) is 0 Å². The van der Waals surface area contributed by atoms with Crippen LogP contribution in [0, 0.1) is 0 Å². The van der Waals surface area contributed by atoms with Crippen molar-refractivity contribution in [3.63, 3.8) is 0 Å². The van der Waals surface area contributed by atoms with Gasteiger partial charge in [-0.15, -0.1) is 0 Å². The fraction of sp³-hybridized carbons (Fsp3) is 0.100. The fourth-order valence-corrected chi connectivity index (χ4v) is 3.57. The van der Waals surface area contributed by atoms with Crippen molar-refractivity contribution in [2.75, 3.05) is 5.32 Å². The molecule has 26 heavy (non-hydrogen) atoms. The molecule has 0 amide bonds. The van der Waals surface area contributed by atoms with Gasteiger partial charge in [0, 0.05) is 27.3 Å². The lowest BCUT2D eigenvalue weighted by atomic mass is 10.2. The maximum atomic E-state index is 6.02. The van der Waals surface area contributed by atoms with Gasteiger partial charge in [-0.05, 0) is 69.5 Å². The van der Waals surface area contributed by atoms with Crippen LogP contribution in [-0.4, -0.2) is 0 Å². The Morgan fingerprint density at radius 2 is 1.42 bits per heavy atom. The van der Waals surface area contributed by atoms with Gasteiger partial charge in [-0.3, -0.25) is 0 Å². The summed E-state index contributed by atoms with van der Waals surface area (Å²) in [5.74, 6) is 0.787. The van der Waals surface area contributed by atoms with E-state index in [0.717, 1.165) is 27.0 Å². The Morgan fingerprint density at radius 1 is 0.769 bits per heavy atom. The van der Waals surface area contributed by atoms with E-state index in [-0.39, 0.29) is 0 Å². The monoisotopic (exact) mass is 469 g/mol. The second kappa shape index (κ2) is 9.01. The molecule has 0 saturated heterocycles. The minimum absolute atomic E-state index is 0.481. The molecular weight excluding hydrogens is 456 g/mol. The van der Waals surface area contributed by atoms with Crippen LogP contribution in [-0.2, 0) is 13.2 Å². The van der Waals surface area contributed by atoms with Gasteiger partial charge in [-0.1, -0.05) is 53.0 Å². The first-order valence-corrected chi connectivity index (χ1v) is 9.78. The van der Waals surface area contributed by atoms with Crippen LogP contribution in [0.1, 0.15) is 11.1 Å². The molecule has 0 spiro atoms. The van der Waals surface area contributed by atoms with E-state index in [1.807, 2.05) is 54.6 Å². The van der Waals surface area contributed by atoms with E-state index in [9.17, 15) is 0 Å². The summed E-state index contributed by atoms with van der Waals surface area (Å²) >= 11 is 21.5. The number of hydrogen-bond acceptors (Lipinski definition) is 2. The Kier molecular flexibility index (Phi) is 6.71. The molecule has 2 nitrogen and oxygen atoms in total. The Hall–Kier alpha value is -1.39. The molecule has 3 aromatic rings. The Bertz CT molecular complexity index is 880. The van der Waals surface area contributed by atoms with Crippen molar-refractivity contribution >= 4 is 56.4 Å². The SMILES string of the molecule is Clc1ccc(COc2ccc(CNc3cc(Cl)cc(Cl)c3)cc2Br)cc1. The Balaban J connectivity index is 1.60. The van der Waals surface area contributed by atoms with E-state index in [1.165, 1.54) is 0 Å². The molecule has 0 aliphatic heterocycles. The lowest BCUT2D eigenvalue weighted by molar-refractivity contribution is 0.304. The molecule has 3 rings (SSSR count). The van der Waals surface area contributed by atoms with Crippen LogP contribution in [0.4, 0.5) is 5.69 Å². The molecule has 6 heteroatoms. The summed E-state index contributed by atoms with van der Waals surface area (Å²) in [6.45, 7) is 1.13. The molecule has 1 N–H and O–H groups in total. The molecule has 0 atom stereocenters. The first kappa shape index (κ1) is 19.4. The molecule has 134 valence electrons. The maximum absolute atomic E-state index is 6.02. The third kappa shape index (κ3) is 5.55. The third-order valence-electron chi connectivity index (χ3n) is 3.66. The minimum Gasteiger partial charge on any atom is -0.488 e. The minimum atomic E-state index is 0.481. The highest BCUT2D eigenvalue weighted by Gasteiger charge is 2.05. The number of nitrogens with one attached hydrogen (secondary N) is 1. The molecule has 0 unspecified atom stereocenters. The number of hydrogen-bond donors (Lipinski definition) is 1. The standard InChI is InChI=1S/C20H15BrCl3NO/c21-19-7-14(11-25-18-9-16(23)8-17(24)10-18)3-6-20(19)26-12-13-1-4-15(22)5-2-13/h1-10,25H,11-12H2. The van der Waals surface area contributed by atoms with Crippen molar-refractivity contribution in [1.29, 1.82) is 0 Å². The Labute approximate surface area is 176 Å². The van der Waals surface area contributed by atoms with Gasteiger partial charge in [0.2, 0.25) is 0 Å². The number of rotatable bonds is 6. The fourth-order valence-electron chi connectivity index (χ4n) is 2.37. The molecule has 0 aromatic heterocycles. The van der Waals surface area contributed by atoms with E-state index in [2.05, 4.69) is 21.2 Å². The summed E-state index contributed by atoms with van der Waals surface area (Å²) in [7, 11) is 0. The second-order valence-electron chi connectivity index (χ2n) is 5.69. The first-order chi connectivity index (χ1) is 12.5. The second-order valence-corrected chi connectivity index (χ2v) is 7.86. The van der Waals surface area contributed by atoms with Gasteiger partial charge in [-0.25, -0.2) is 0 Å². The van der Waals surface area contributed by atoms with E-state index in [4.69, 9.17) is 39.5 Å². The molecule has 0 heterocycles. The zero-order chi connectivity index (χ0) is 18.5. The van der Waals surface area contributed by atoms with Crippen molar-refractivity contribution < 1.29 is 4.74 Å². The molecular formula is C20H15BrCl3NO. The van der Waals surface area contributed by atoms with Crippen LogP contribution in [0.5, 0.6) is 5.75 Å². The third-order valence-corrected chi connectivity index (χ3v) is 4.97. The summed E-state index contributed by atoms with van der Waals surface area (Å²) < 4.78 is 6.76. The van der Waals surface area contributed by atoms with Gasteiger partial charge in [0.05, 0.1) is 4.47 Å². The normalized spacial score (nSPS) is 10.6. The number of halogens is 4.